The molecule has 1 saturated heterocycles. The normalized spacial score (nSPS) is 15.5. The number of anilines is 2. The van der Waals surface area contributed by atoms with E-state index in [9.17, 15) is 8.42 Å². The molecule has 2 N–H and O–H groups in total. The van der Waals surface area contributed by atoms with Crippen LogP contribution in [0.15, 0.2) is 53.7 Å². The molecule has 0 radical (unpaired) electrons. The van der Waals surface area contributed by atoms with E-state index < -0.39 is 10.0 Å². The van der Waals surface area contributed by atoms with E-state index in [0.717, 1.165) is 31.9 Å². The highest BCUT2D eigenvalue weighted by Crippen LogP contribution is 2.20. The van der Waals surface area contributed by atoms with Crippen LogP contribution < -0.4 is 14.9 Å². The van der Waals surface area contributed by atoms with E-state index in [4.69, 9.17) is 0 Å². The van der Waals surface area contributed by atoms with Crippen molar-refractivity contribution in [2.45, 2.75) is 4.90 Å². The lowest BCUT2D eigenvalue weighted by Crippen LogP contribution is -2.43. The van der Waals surface area contributed by atoms with E-state index in [2.05, 4.69) is 19.9 Å². The number of benzene rings is 1. The van der Waals surface area contributed by atoms with E-state index in [1.807, 2.05) is 12.1 Å². The van der Waals surface area contributed by atoms with Crippen molar-refractivity contribution >= 4 is 21.4 Å². The van der Waals surface area contributed by atoms with E-state index in [1.54, 1.807) is 30.5 Å². The molecule has 2 aromatic rings. The zero-order valence-corrected chi connectivity index (χ0v) is 12.9. The Morgan fingerprint density at radius 3 is 2.45 bits per heavy atom. The fourth-order valence-electron chi connectivity index (χ4n) is 2.40. The van der Waals surface area contributed by atoms with Crippen molar-refractivity contribution in [2.24, 2.45) is 0 Å². The summed E-state index contributed by atoms with van der Waals surface area (Å²) >= 11 is 0. The summed E-state index contributed by atoms with van der Waals surface area (Å²) in [6, 6.07) is 10.3. The van der Waals surface area contributed by atoms with Crippen molar-refractivity contribution in [1.82, 2.24) is 10.3 Å². The number of hydrogen-bond donors (Lipinski definition) is 2. The molecular formula is C15H18N4O2S. The Bertz CT molecular complexity index is 711. The summed E-state index contributed by atoms with van der Waals surface area (Å²) in [6.07, 6.45) is 3.08. The first kappa shape index (κ1) is 14.8. The number of nitrogens with one attached hydrogen (secondary N) is 2. The minimum atomic E-state index is -3.58. The van der Waals surface area contributed by atoms with Gasteiger partial charge in [0.2, 0.25) is 0 Å². The topological polar surface area (TPSA) is 74.3 Å². The van der Waals surface area contributed by atoms with Gasteiger partial charge in [0.15, 0.2) is 0 Å². The van der Waals surface area contributed by atoms with E-state index in [1.165, 1.54) is 6.20 Å². The molecule has 7 heteroatoms. The summed E-state index contributed by atoms with van der Waals surface area (Å²) in [5.74, 6) is 0. The average Bonchev–Trinajstić information content (AvgIpc) is 2.56. The number of aromatic nitrogens is 1. The van der Waals surface area contributed by atoms with Crippen LogP contribution in [-0.2, 0) is 10.0 Å². The Hall–Kier alpha value is -2.12. The van der Waals surface area contributed by atoms with Crippen molar-refractivity contribution in [2.75, 3.05) is 35.8 Å². The van der Waals surface area contributed by atoms with Crippen LogP contribution in [0.3, 0.4) is 0 Å². The molecule has 0 bridgehead atoms. The Morgan fingerprint density at radius 2 is 1.82 bits per heavy atom. The summed E-state index contributed by atoms with van der Waals surface area (Å²) in [5, 5.41) is 3.29. The zero-order chi connectivity index (χ0) is 15.4. The summed E-state index contributed by atoms with van der Waals surface area (Å²) in [6.45, 7) is 3.76. The quantitative estimate of drug-likeness (QED) is 0.889. The third kappa shape index (κ3) is 3.37. The molecule has 1 fully saturated rings. The van der Waals surface area contributed by atoms with Crippen molar-refractivity contribution in [3.63, 3.8) is 0 Å². The maximum absolute atomic E-state index is 12.3. The van der Waals surface area contributed by atoms with Gasteiger partial charge in [0, 0.05) is 38.1 Å². The molecule has 3 rings (SSSR count). The second-order valence-corrected chi connectivity index (χ2v) is 6.76. The van der Waals surface area contributed by atoms with Crippen LogP contribution >= 0.6 is 0 Å². The Kier molecular flexibility index (Phi) is 4.26. The van der Waals surface area contributed by atoms with Gasteiger partial charge in [-0.25, -0.2) is 8.42 Å². The minimum Gasteiger partial charge on any atom is -0.369 e. The smallest absolute Gasteiger partial charge is 0.261 e. The maximum Gasteiger partial charge on any atom is 0.261 e. The lowest BCUT2D eigenvalue weighted by molar-refractivity contribution is 0.589. The fourth-order valence-corrected chi connectivity index (χ4v) is 3.44. The monoisotopic (exact) mass is 318 g/mol. The van der Waals surface area contributed by atoms with Gasteiger partial charge in [-0.15, -0.1) is 0 Å². The van der Waals surface area contributed by atoms with Gasteiger partial charge in [0.25, 0.3) is 10.0 Å². The predicted octanol–water partition coefficient (Wildman–Crippen LogP) is 1.29. The number of hydrogen-bond acceptors (Lipinski definition) is 5. The van der Waals surface area contributed by atoms with Gasteiger partial charge in [-0.3, -0.25) is 9.71 Å². The molecule has 1 aliphatic rings. The molecule has 0 amide bonds. The van der Waals surface area contributed by atoms with Crippen LogP contribution in [0.4, 0.5) is 11.4 Å². The molecule has 22 heavy (non-hydrogen) atoms. The highest BCUT2D eigenvalue weighted by Gasteiger charge is 2.16. The van der Waals surface area contributed by atoms with Gasteiger partial charge in [-0.05, 0) is 36.4 Å². The number of sulfonamides is 1. The van der Waals surface area contributed by atoms with Crippen molar-refractivity contribution in [3.05, 3.63) is 48.8 Å². The van der Waals surface area contributed by atoms with Gasteiger partial charge in [0.1, 0.15) is 0 Å². The first-order valence-corrected chi connectivity index (χ1v) is 8.62. The predicted molar refractivity (Wildman–Crippen MR) is 86.6 cm³/mol. The summed E-state index contributed by atoms with van der Waals surface area (Å²) in [5.41, 5.74) is 1.50. The van der Waals surface area contributed by atoms with Gasteiger partial charge in [-0.2, -0.15) is 0 Å². The third-order valence-corrected chi connectivity index (χ3v) is 4.94. The molecule has 0 saturated carbocycles. The molecule has 0 unspecified atom stereocenters. The lowest BCUT2D eigenvalue weighted by atomic mass is 10.2. The zero-order valence-electron chi connectivity index (χ0n) is 12.1. The van der Waals surface area contributed by atoms with E-state index >= 15 is 0 Å². The summed E-state index contributed by atoms with van der Waals surface area (Å²) < 4.78 is 27.2. The van der Waals surface area contributed by atoms with E-state index in [0.29, 0.717) is 5.69 Å². The highest BCUT2D eigenvalue weighted by molar-refractivity contribution is 7.92. The van der Waals surface area contributed by atoms with Crippen LogP contribution in [-0.4, -0.2) is 39.6 Å². The summed E-state index contributed by atoms with van der Waals surface area (Å²) in [7, 11) is -3.58. The minimum absolute atomic E-state index is 0.246. The molecule has 0 spiro atoms. The first-order valence-electron chi connectivity index (χ1n) is 7.14. The number of pyridine rings is 1. The van der Waals surface area contributed by atoms with Crippen molar-refractivity contribution < 1.29 is 8.42 Å². The van der Waals surface area contributed by atoms with Gasteiger partial charge < -0.3 is 10.2 Å². The summed E-state index contributed by atoms with van der Waals surface area (Å²) in [4.78, 5) is 6.38. The standard InChI is InChI=1S/C15H18N4O2S/c20-22(21,18-13-2-1-7-17-12-13)15-5-3-14(4-6-15)19-10-8-16-9-11-19/h1-7,12,16,18H,8-11H2. The average molecular weight is 318 g/mol. The molecule has 0 atom stereocenters. The molecule has 1 aliphatic heterocycles. The fraction of sp³-hybridized carbons (Fsp3) is 0.267. The molecule has 1 aromatic heterocycles. The first-order chi connectivity index (χ1) is 10.6. The Morgan fingerprint density at radius 1 is 1.09 bits per heavy atom. The number of nitrogens with zero attached hydrogens (tertiary/aromatic N) is 2. The SMILES string of the molecule is O=S(=O)(Nc1cccnc1)c1ccc(N2CCNCC2)cc1. The Labute approximate surface area is 130 Å². The van der Waals surface area contributed by atoms with Crippen molar-refractivity contribution in [3.8, 4) is 0 Å². The molecule has 2 heterocycles. The Balaban J connectivity index is 1.76. The second kappa shape index (κ2) is 6.33. The van der Waals surface area contributed by atoms with Crippen LogP contribution in [0.5, 0.6) is 0 Å². The van der Waals surface area contributed by atoms with Gasteiger partial charge in [-0.1, -0.05) is 0 Å². The van der Waals surface area contributed by atoms with Gasteiger partial charge >= 0.3 is 0 Å². The molecule has 6 nitrogen and oxygen atoms in total. The van der Waals surface area contributed by atoms with Crippen molar-refractivity contribution in [1.29, 1.82) is 0 Å². The van der Waals surface area contributed by atoms with Gasteiger partial charge in [0.05, 0.1) is 16.8 Å². The van der Waals surface area contributed by atoms with Crippen LogP contribution in [0.25, 0.3) is 0 Å². The number of rotatable bonds is 4. The molecule has 1 aromatic carbocycles. The third-order valence-electron chi connectivity index (χ3n) is 3.54. The molecule has 116 valence electrons. The number of piperazine rings is 1. The van der Waals surface area contributed by atoms with Crippen LogP contribution in [0.2, 0.25) is 0 Å². The second-order valence-electron chi connectivity index (χ2n) is 5.08. The molecule has 0 aliphatic carbocycles. The maximum atomic E-state index is 12.3. The van der Waals surface area contributed by atoms with Crippen LogP contribution in [0, 0.1) is 0 Å². The largest absolute Gasteiger partial charge is 0.369 e. The highest BCUT2D eigenvalue weighted by atomic mass is 32.2. The lowest BCUT2D eigenvalue weighted by Gasteiger charge is -2.29. The molecular weight excluding hydrogens is 300 g/mol. The van der Waals surface area contributed by atoms with Crippen LogP contribution in [0.1, 0.15) is 0 Å². The van der Waals surface area contributed by atoms with E-state index in [-0.39, 0.29) is 4.90 Å².